The average molecular weight is 270 g/mol. The monoisotopic (exact) mass is 270 g/mol. The Morgan fingerprint density at radius 1 is 1.61 bits per heavy atom. The minimum Gasteiger partial charge on any atom is -0.478 e. The molecule has 0 aromatic carbocycles. The lowest BCUT2D eigenvalue weighted by Crippen LogP contribution is -2.74. The van der Waals surface area contributed by atoms with Crippen LogP contribution in [0.2, 0.25) is 0 Å². The van der Waals surface area contributed by atoms with E-state index in [0.29, 0.717) is 6.42 Å². The van der Waals surface area contributed by atoms with Gasteiger partial charge in [0.1, 0.15) is 0 Å². The first-order chi connectivity index (χ1) is 8.26. The lowest BCUT2D eigenvalue weighted by molar-refractivity contribution is -0.172. The number of aliphatic carboxylic acids is 1. The number of nitrogens with zero attached hydrogens (tertiary/aromatic N) is 1. The largest absolute Gasteiger partial charge is 0.478 e. The van der Waals surface area contributed by atoms with Crippen LogP contribution in [0.15, 0.2) is 12.7 Å². The van der Waals surface area contributed by atoms with E-state index in [1.807, 2.05) is 0 Å². The molecule has 98 valence electrons. The molecule has 0 unspecified atom stereocenters. The Bertz CT molecular complexity index is 462. The molecule has 2 aliphatic rings. The highest BCUT2D eigenvalue weighted by Crippen LogP contribution is 2.55. The maximum Gasteiger partial charge on any atom is 0.352 e. The van der Waals surface area contributed by atoms with Gasteiger partial charge in [0.15, 0.2) is 0 Å². The summed E-state index contributed by atoms with van der Waals surface area (Å²) in [7, 11) is 0. The van der Waals surface area contributed by atoms with Crippen molar-refractivity contribution >= 4 is 29.5 Å². The Morgan fingerprint density at radius 2 is 2.22 bits per heavy atom. The minimum absolute atomic E-state index is 0.186. The van der Waals surface area contributed by atoms with E-state index in [0.717, 1.165) is 6.08 Å². The zero-order chi connectivity index (χ0) is 13.7. The van der Waals surface area contributed by atoms with E-state index >= 15 is 0 Å². The Kier molecular flexibility index (Phi) is 2.69. The minimum atomic E-state index is -1.71. The van der Waals surface area contributed by atoms with Crippen LogP contribution in [0, 0.1) is 0 Å². The third-order valence-corrected chi connectivity index (χ3v) is 4.90. The second-order valence-corrected chi connectivity index (χ2v) is 6.56. The molecule has 6 nitrogen and oxygen atoms in total. The fourth-order valence-electron chi connectivity index (χ4n) is 2.45. The number of rotatable bonds is 3. The predicted molar refractivity (Wildman–Crippen MR) is 65.6 cm³/mol. The van der Waals surface area contributed by atoms with Gasteiger partial charge in [-0.05, 0) is 19.9 Å². The van der Waals surface area contributed by atoms with Gasteiger partial charge in [0.25, 0.3) is 0 Å². The highest BCUT2D eigenvalue weighted by Gasteiger charge is 2.70. The Morgan fingerprint density at radius 3 is 2.67 bits per heavy atom. The van der Waals surface area contributed by atoms with Crippen LogP contribution in [0.1, 0.15) is 20.3 Å². The molecule has 18 heavy (non-hydrogen) atoms. The molecule has 0 spiro atoms. The maximum absolute atomic E-state index is 11.7. The van der Waals surface area contributed by atoms with Crippen LogP contribution in [0.25, 0.3) is 0 Å². The maximum atomic E-state index is 11.7. The molecular weight excluding hydrogens is 256 g/mol. The molecule has 0 radical (unpaired) electrons. The number of nitrogens with one attached hydrogen (secondary N) is 1. The van der Waals surface area contributed by atoms with E-state index in [1.165, 1.54) is 16.7 Å². The number of carbonyl (C=O) groups excluding carboxylic acids is 2. The molecular formula is C11H14N2O4S. The van der Waals surface area contributed by atoms with Crippen molar-refractivity contribution < 1.29 is 19.5 Å². The summed E-state index contributed by atoms with van der Waals surface area (Å²) in [4.78, 5) is 36.1. The molecule has 0 aromatic rings. The second kappa shape index (κ2) is 3.74. The van der Waals surface area contributed by atoms with E-state index in [1.54, 1.807) is 13.8 Å². The van der Waals surface area contributed by atoms with Crippen LogP contribution < -0.4 is 5.32 Å². The Balaban J connectivity index is 2.49. The van der Waals surface area contributed by atoms with E-state index in [4.69, 9.17) is 0 Å². The normalized spacial score (nSPS) is 32.4. The summed E-state index contributed by atoms with van der Waals surface area (Å²) in [5.74, 6) is -2.10. The van der Waals surface area contributed by atoms with Gasteiger partial charge < -0.3 is 10.4 Å². The van der Waals surface area contributed by atoms with Gasteiger partial charge in [0.05, 0.1) is 16.5 Å². The number of β-lactam (4-membered cyclic amide) rings is 1. The molecule has 7 heteroatoms. The van der Waals surface area contributed by atoms with Crippen LogP contribution in [0.3, 0.4) is 0 Å². The van der Waals surface area contributed by atoms with Crippen LogP contribution in [0.4, 0.5) is 0 Å². The van der Waals surface area contributed by atoms with E-state index in [9.17, 15) is 19.5 Å². The van der Waals surface area contributed by atoms with Gasteiger partial charge in [0.2, 0.25) is 17.5 Å². The quantitative estimate of drug-likeness (QED) is 0.563. The third-order valence-electron chi connectivity index (χ3n) is 3.37. The number of hydrogen-bond donors (Lipinski definition) is 2. The Labute approximate surface area is 108 Å². The highest BCUT2D eigenvalue weighted by atomic mass is 32.2. The van der Waals surface area contributed by atoms with Crippen molar-refractivity contribution in [1.82, 2.24) is 10.2 Å². The van der Waals surface area contributed by atoms with Crippen molar-refractivity contribution in [3.05, 3.63) is 12.7 Å². The number of fused-ring (bicyclic) bond motifs is 1. The first kappa shape index (κ1) is 12.9. The van der Waals surface area contributed by atoms with Gasteiger partial charge in [-0.2, -0.15) is 0 Å². The summed E-state index contributed by atoms with van der Waals surface area (Å²) >= 11 is 1.38. The highest BCUT2D eigenvalue weighted by molar-refractivity contribution is 8.01. The summed E-state index contributed by atoms with van der Waals surface area (Å²) in [6.07, 6.45) is 1.32. The molecule has 2 fully saturated rings. The number of carbonyl (C=O) groups is 3. The summed E-state index contributed by atoms with van der Waals surface area (Å²) in [6, 6.07) is 0. The standard InChI is InChI=1S/C11H14N2O4S/c1-4-6(14)12-11(9(16)17)10(2,3)18-8-5-7(15)13(8)11/h4,8H,1,5H2,2-3H3,(H,12,14)(H,16,17)/t8-,11+/m1/s1. The number of thioether (sulfide) groups is 1. The fraction of sp³-hybridized carbons (Fsp3) is 0.545. The van der Waals surface area contributed by atoms with Gasteiger partial charge in [-0.1, -0.05) is 6.58 Å². The summed E-state index contributed by atoms with van der Waals surface area (Å²) < 4.78 is -0.811. The van der Waals surface area contributed by atoms with Crippen LogP contribution in [0.5, 0.6) is 0 Å². The fourth-order valence-corrected chi connectivity index (χ4v) is 4.15. The zero-order valence-electron chi connectivity index (χ0n) is 10.1. The zero-order valence-corrected chi connectivity index (χ0v) is 10.9. The predicted octanol–water partition coefficient (Wildman–Crippen LogP) is 0.153. The molecule has 2 aliphatic heterocycles. The van der Waals surface area contributed by atoms with Gasteiger partial charge >= 0.3 is 5.97 Å². The smallest absolute Gasteiger partial charge is 0.352 e. The SMILES string of the molecule is C=CC(=O)N[C@@]1(C(=O)O)N2C(=O)C[C@H]2SC1(C)C. The van der Waals surface area contributed by atoms with Crippen LogP contribution in [-0.4, -0.2) is 43.6 Å². The van der Waals surface area contributed by atoms with Gasteiger partial charge in [-0.3, -0.25) is 14.5 Å². The van der Waals surface area contributed by atoms with Crippen molar-refractivity contribution in [3.63, 3.8) is 0 Å². The van der Waals surface area contributed by atoms with Crippen molar-refractivity contribution in [2.24, 2.45) is 0 Å². The molecule has 2 atom stereocenters. The molecule has 0 aromatic heterocycles. The first-order valence-corrected chi connectivity index (χ1v) is 6.32. The van der Waals surface area contributed by atoms with Crippen LogP contribution in [-0.2, 0) is 14.4 Å². The first-order valence-electron chi connectivity index (χ1n) is 5.44. The number of amides is 2. The Hall–Kier alpha value is -1.50. The van der Waals surface area contributed by atoms with E-state index in [-0.39, 0.29) is 11.3 Å². The molecule has 2 rings (SSSR count). The molecule has 2 amide bonds. The van der Waals surface area contributed by atoms with E-state index < -0.39 is 22.3 Å². The lowest BCUT2D eigenvalue weighted by atomic mass is 9.90. The average Bonchev–Trinajstić information content (AvgIpc) is 2.43. The molecule has 2 saturated heterocycles. The van der Waals surface area contributed by atoms with Crippen molar-refractivity contribution in [1.29, 1.82) is 0 Å². The van der Waals surface area contributed by atoms with Gasteiger partial charge in [-0.15, -0.1) is 11.8 Å². The summed E-state index contributed by atoms with van der Waals surface area (Å²) in [5.41, 5.74) is -1.71. The summed E-state index contributed by atoms with van der Waals surface area (Å²) in [6.45, 7) is 6.72. The third kappa shape index (κ3) is 1.40. The number of hydrogen-bond acceptors (Lipinski definition) is 4. The van der Waals surface area contributed by atoms with Gasteiger partial charge in [0, 0.05) is 0 Å². The molecule has 0 saturated carbocycles. The van der Waals surface area contributed by atoms with Gasteiger partial charge in [-0.25, -0.2) is 4.79 Å². The summed E-state index contributed by atoms with van der Waals surface area (Å²) in [5, 5.41) is 11.8. The molecule has 0 aliphatic carbocycles. The number of carboxylic acids is 1. The van der Waals surface area contributed by atoms with Crippen molar-refractivity contribution in [2.45, 2.75) is 36.1 Å². The lowest BCUT2D eigenvalue weighted by Gasteiger charge is -2.46. The molecule has 2 N–H and O–H groups in total. The van der Waals surface area contributed by atoms with E-state index in [2.05, 4.69) is 11.9 Å². The second-order valence-electron chi connectivity index (χ2n) is 4.76. The topological polar surface area (TPSA) is 86.7 Å². The molecule has 0 bridgehead atoms. The van der Waals surface area contributed by atoms with Crippen LogP contribution >= 0.6 is 11.8 Å². The van der Waals surface area contributed by atoms with Crippen molar-refractivity contribution in [3.8, 4) is 0 Å². The molecule has 2 heterocycles. The van der Waals surface area contributed by atoms with Crippen molar-refractivity contribution in [2.75, 3.05) is 0 Å². The number of carboxylic acid groups (broad SMARTS) is 1.